The molecule has 1 aromatic carbocycles. The van der Waals surface area contributed by atoms with Gasteiger partial charge in [0.15, 0.2) is 0 Å². The molecule has 0 bridgehead atoms. The molecule has 0 spiro atoms. The van der Waals surface area contributed by atoms with Crippen LogP contribution < -0.4 is 10.2 Å². The Morgan fingerprint density at radius 2 is 2.00 bits per heavy atom. The summed E-state index contributed by atoms with van der Waals surface area (Å²) in [5.41, 5.74) is 1.82. The van der Waals surface area contributed by atoms with Gasteiger partial charge in [0, 0.05) is 12.6 Å². The van der Waals surface area contributed by atoms with Crippen molar-refractivity contribution in [2.24, 2.45) is 0 Å². The normalized spacial score (nSPS) is 14.9. The number of carbonyl (C=O) groups excluding carboxylic acids is 2. The first-order valence-corrected chi connectivity index (χ1v) is 7.83. The van der Waals surface area contributed by atoms with Crippen molar-refractivity contribution in [1.82, 2.24) is 0 Å². The fraction of sp³-hybridized carbons (Fsp3) is 0.500. The highest BCUT2D eigenvalue weighted by Crippen LogP contribution is 2.36. The van der Waals surface area contributed by atoms with E-state index in [4.69, 9.17) is 11.6 Å². The van der Waals surface area contributed by atoms with Crippen LogP contribution in [0.4, 0.5) is 11.4 Å². The van der Waals surface area contributed by atoms with Gasteiger partial charge in [-0.05, 0) is 31.9 Å². The number of rotatable bonds is 6. The molecule has 1 amide bonds. The van der Waals surface area contributed by atoms with Crippen LogP contribution in [0.25, 0.3) is 0 Å². The van der Waals surface area contributed by atoms with Crippen molar-refractivity contribution in [3.8, 4) is 0 Å². The number of hydrogen-bond donors (Lipinski definition) is 1. The highest BCUT2D eigenvalue weighted by Gasteiger charge is 2.30. The number of nitrogens with one attached hydrogen (secondary N) is 1. The molecule has 5 heteroatoms. The smallest absolute Gasteiger partial charge is 0.296 e. The van der Waals surface area contributed by atoms with Crippen molar-refractivity contribution < 1.29 is 9.59 Å². The molecule has 0 aromatic heterocycles. The van der Waals surface area contributed by atoms with Crippen LogP contribution in [0.1, 0.15) is 50.4 Å². The summed E-state index contributed by atoms with van der Waals surface area (Å²) in [4.78, 5) is 25.4. The number of halogens is 1. The van der Waals surface area contributed by atoms with Gasteiger partial charge in [-0.3, -0.25) is 9.59 Å². The zero-order chi connectivity index (χ0) is 15.6. The van der Waals surface area contributed by atoms with E-state index in [9.17, 15) is 9.59 Å². The monoisotopic (exact) mass is 308 g/mol. The summed E-state index contributed by atoms with van der Waals surface area (Å²) in [6.45, 7) is 7.35. The Balaban J connectivity index is 2.40. The largest absolute Gasteiger partial charge is 0.368 e. The minimum Gasteiger partial charge on any atom is -0.368 e. The van der Waals surface area contributed by atoms with E-state index in [1.165, 1.54) is 0 Å². The van der Waals surface area contributed by atoms with Gasteiger partial charge >= 0.3 is 0 Å². The average molecular weight is 309 g/mol. The molecule has 0 fully saturated rings. The summed E-state index contributed by atoms with van der Waals surface area (Å²) < 4.78 is 0. The molecule has 114 valence electrons. The van der Waals surface area contributed by atoms with Gasteiger partial charge in [0.05, 0.1) is 22.0 Å². The molecule has 2 rings (SSSR count). The fourth-order valence-corrected chi connectivity index (χ4v) is 2.77. The topological polar surface area (TPSA) is 49.4 Å². The van der Waals surface area contributed by atoms with Gasteiger partial charge in [0.25, 0.3) is 11.7 Å². The van der Waals surface area contributed by atoms with Crippen LogP contribution in [0, 0.1) is 0 Å². The first-order valence-electron chi connectivity index (χ1n) is 7.45. The lowest BCUT2D eigenvalue weighted by molar-refractivity contribution is -0.112. The van der Waals surface area contributed by atoms with Crippen LogP contribution in [-0.2, 0) is 4.79 Å². The molecule has 1 N–H and O–H groups in total. The van der Waals surface area contributed by atoms with E-state index >= 15 is 0 Å². The highest BCUT2D eigenvalue weighted by molar-refractivity contribution is 6.52. The number of hydrogen-bond acceptors (Lipinski definition) is 3. The zero-order valence-corrected chi connectivity index (χ0v) is 13.5. The maximum absolute atomic E-state index is 11.7. The van der Waals surface area contributed by atoms with E-state index in [1.54, 1.807) is 6.07 Å². The molecule has 1 heterocycles. The van der Waals surface area contributed by atoms with Gasteiger partial charge in [-0.1, -0.05) is 31.9 Å². The van der Waals surface area contributed by atoms with Crippen LogP contribution in [0.3, 0.4) is 0 Å². The molecular formula is C16H21ClN2O2. The second kappa shape index (κ2) is 6.48. The standard InChI is InChI=1S/C16H21ClN2O2/c1-4-6-7-19(10(3)5-2)14-9-13-11(8-12(14)17)15(20)16(21)18-13/h8-10H,4-7H2,1-3H3,(H,18,20,21). The number of nitrogens with zero attached hydrogens (tertiary/aromatic N) is 1. The Kier molecular flexibility index (Phi) is 4.88. The third kappa shape index (κ3) is 3.05. The van der Waals surface area contributed by atoms with Crippen LogP contribution >= 0.6 is 11.6 Å². The van der Waals surface area contributed by atoms with Crippen LogP contribution in [0.15, 0.2) is 12.1 Å². The number of unbranched alkanes of at least 4 members (excludes halogenated alkanes) is 1. The second-order valence-corrected chi connectivity index (χ2v) is 5.84. The lowest BCUT2D eigenvalue weighted by atomic mass is 10.1. The predicted molar refractivity (Wildman–Crippen MR) is 86.4 cm³/mol. The summed E-state index contributed by atoms with van der Waals surface area (Å²) in [5, 5.41) is 3.13. The molecular weight excluding hydrogens is 288 g/mol. The first kappa shape index (κ1) is 15.8. The minimum absolute atomic E-state index is 0.347. The Hall–Kier alpha value is -1.55. The van der Waals surface area contributed by atoms with E-state index in [2.05, 4.69) is 31.0 Å². The second-order valence-electron chi connectivity index (χ2n) is 5.44. The Morgan fingerprint density at radius 3 is 2.62 bits per heavy atom. The van der Waals surface area contributed by atoms with Crippen molar-refractivity contribution in [2.45, 2.75) is 46.1 Å². The van der Waals surface area contributed by atoms with E-state index in [0.29, 0.717) is 22.3 Å². The maximum atomic E-state index is 11.7. The predicted octanol–water partition coefficient (Wildman–Crippen LogP) is 3.88. The molecule has 0 saturated carbocycles. The van der Waals surface area contributed by atoms with Crippen LogP contribution in [-0.4, -0.2) is 24.3 Å². The number of Topliss-reactive ketones (excluding diaryl/α,β-unsaturated/α-hetero) is 1. The maximum Gasteiger partial charge on any atom is 0.296 e. The van der Waals surface area contributed by atoms with Gasteiger partial charge in [-0.15, -0.1) is 0 Å². The number of ketones is 1. The van der Waals surface area contributed by atoms with Crippen LogP contribution in [0.2, 0.25) is 5.02 Å². The van der Waals surface area contributed by atoms with Crippen molar-refractivity contribution in [2.75, 3.05) is 16.8 Å². The molecule has 1 aliphatic rings. The van der Waals surface area contributed by atoms with Crippen molar-refractivity contribution >= 4 is 34.7 Å². The number of fused-ring (bicyclic) bond motifs is 1. The molecule has 1 aliphatic heterocycles. The van der Waals surface area contributed by atoms with Crippen molar-refractivity contribution in [3.63, 3.8) is 0 Å². The molecule has 1 unspecified atom stereocenters. The highest BCUT2D eigenvalue weighted by atomic mass is 35.5. The summed E-state index contributed by atoms with van der Waals surface area (Å²) in [5.74, 6) is -1.09. The van der Waals surface area contributed by atoms with E-state index in [0.717, 1.165) is 31.5 Å². The Bertz CT molecular complexity index is 572. The molecule has 0 radical (unpaired) electrons. The van der Waals surface area contributed by atoms with Crippen LogP contribution in [0.5, 0.6) is 0 Å². The van der Waals surface area contributed by atoms with Gasteiger partial charge in [0.2, 0.25) is 0 Å². The Labute approximate surface area is 130 Å². The zero-order valence-electron chi connectivity index (χ0n) is 12.7. The lowest BCUT2D eigenvalue weighted by Crippen LogP contribution is -2.33. The molecule has 4 nitrogen and oxygen atoms in total. The summed E-state index contributed by atoms with van der Waals surface area (Å²) in [6.07, 6.45) is 3.18. The number of anilines is 2. The van der Waals surface area contributed by atoms with Crippen molar-refractivity contribution in [3.05, 3.63) is 22.7 Å². The van der Waals surface area contributed by atoms with E-state index < -0.39 is 11.7 Å². The van der Waals surface area contributed by atoms with Gasteiger partial charge in [-0.2, -0.15) is 0 Å². The number of carbonyl (C=O) groups is 2. The first-order chi connectivity index (χ1) is 9.99. The summed E-state index contributed by atoms with van der Waals surface area (Å²) in [7, 11) is 0. The van der Waals surface area contributed by atoms with Gasteiger partial charge < -0.3 is 10.2 Å². The van der Waals surface area contributed by atoms with Gasteiger partial charge in [0.1, 0.15) is 0 Å². The third-order valence-electron chi connectivity index (χ3n) is 3.97. The lowest BCUT2D eigenvalue weighted by Gasteiger charge is -2.32. The minimum atomic E-state index is -0.582. The quantitative estimate of drug-likeness (QED) is 0.811. The van der Waals surface area contributed by atoms with Crippen molar-refractivity contribution in [1.29, 1.82) is 0 Å². The molecule has 1 atom stereocenters. The molecule has 1 aromatic rings. The number of benzene rings is 1. The van der Waals surface area contributed by atoms with E-state index in [1.807, 2.05) is 6.07 Å². The fourth-order valence-electron chi connectivity index (χ4n) is 2.50. The third-order valence-corrected chi connectivity index (χ3v) is 4.27. The Morgan fingerprint density at radius 1 is 1.29 bits per heavy atom. The summed E-state index contributed by atoms with van der Waals surface area (Å²) >= 11 is 6.36. The van der Waals surface area contributed by atoms with E-state index in [-0.39, 0.29) is 0 Å². The molecule has 21 heavy (non-hydrogen) atoms. The SMILES string of the molecule is CCCCN(c1cc2c(cc1Cl)C(=O)C(=O)N2)C(C)CC. The summed E-state index contributed by atoms with van der Waals surface area (Å²) in [6, 6.07) is 3.77. The van der Waals surface area contributed by atoms with Gasteiger partial charge in [-0.25, -0.2) is 0 Å². The molecule has 0 aliphatic carbocycles. The molecule has 0 saturated heterocycles. The number of amides is 1. The average Bonchev–Trinajstić information content (AvgIpc) is 2.74.